The number of halogens is 2. The molecule has 166 valence electrons. The van der Waals surface area contributed by atoms with Gasteiger partial charge in [-0.15, -0.1) is 0 Å². The Morgan fingerprint density at radius 3 is 2.03 bits per heavy atom. The first-order valence-corrected chi connectivity index (χ1v) is 11.3. The maximum atomic E-state index is 12.1. The molecule has 0 aromatic heterocycles. The molecule has 3 nitrogen and oxygen atoms in total. The Bertz CT molecular complexity index is 1120. The smallest absolute Gasteiger partial charge is 0.226 e. The second kappa shape index (κ2) is 10.7. The molecular weight excluding hydrogens is 441 g/mol. The van der Waals surface area contributed by atoms with Gasteiger partial charge in [0.05, 0.1) is 7.11 Å². The fraction of sp³-hybridized carbons (Fsp3) is 0.222. The zero-order chi connectivity index (χ0) is 23.3. The molecule has 0 heterocycles. The largest absolute Gasteiger partial charge is 0.497 e. The molecule has 32 heavy (non-hydrogen) atoms. The van der Waals surface area contributed by atoms with E-state index in [2.05, 4.69) is 12.2 Å². The summed E-state index contributed by atoms with van der Waals surface area (Å²) >= 11 is 12.7. The van der Waals surface area contributed by atoms with Crippen molar-refractivity contribution in [3.05, 3.63) is 93.5 Å². The average Bonchev–Trinajstić information content (AvgIpc) is 2.79. The first-order chi connectivity index (χ1) is 15.3. The zero-order valence-corrected chi connectivity index (χ0v) is 20.2. The molecule has 0 spiro atoms. The number of allylic oxidation sites excluding steroid dienone is 1. The lowest BCUT2D eigenvalue weighted by molar-refractivity contribution is -0.118. The molecule has 1 amide bonds. The van der Waals surface area contributed by atoms with Crippen LogP contribution in [0.5, 0.6) is 5.75 Å². The Hall–Kier alpha value is -2.75. The molecule has 5 heteroatoms. The number of carbonyl (C=O) groups is 1. The van der Waals surface area contributed by atoms with Gasteiger partial charge in [-0.3, -0.25) is 4.79 Å². The minimum Gasteiger partial charge on any atom is -0.497 e. The summed E-state index contributed by atoms with van der Waals surface area (Å²) in [6, 6.07) is 21.5. The molecule has 3 aromatic carbocycles. The monoisotopic (exact) mass is 467 g/mol. The molecule has 0 atom stereocenters. The fourth-order valence-electron chi connectivity index (χ4n) is 3.52. The molecule has 0 unspecified atom stereocenters. The van der Waals surface area contributed by atoms with Gasteiger partial charge in [-0.05, 0) is 70.7 Å². The first kappa shape index (κ1) is 23.9. The van der Waals surface area contributed by atoms with E-state index in [9.17, 15) is 4.79 Å². The van der Waals surface area contributed by atoms with E-state index < -0.39 is 0 Å². The van der Waals surface area contributed by atoms with Crippen molar-refractivity contribution in [3.63, 3.8) is 0 Å². The highest BCUT2D eigenvalue weighted by atomic mass is 35.5. The Morgan fingerprint density at radius 1 is 0.938 bits per heavy atom. The van der Waals surface area contributed by atoms with E-state index in [0.717, 1.165) is 45.7 Å². The highest BCUT2D eigenvalue weighted by molar-refractivity contribution is 6.36. The molecule has 0 fully saturated rings. The van der Waals surface area contributed by atoms with Gasteiger partial charge in [0.25, 0.3) is 0 Å². The van der Waals surface area contributed by atoms with Gasteiger partial charge in [0, 0.05) is 21.7 Å². The number of nitrogens with one attached hydrogen (secondary N) is 1. The molecule has 0 aliphatic heterocycles. The minimum atomic E-state index is -0.0804. The van der Waals surface area contributed by atoms with Crippen LogP contribution in [0.4, 0.5) is 5.69 Å². The molecule has 3 aromatic rings. The number of carbonyl (C=O) groups excluding carboxylic acids is 1. The van der Waals surface area contributed by atoms with Crippen molar-refractivity contribution in [1.29, 1.82) is 0 Å². The molecule has 0 bridgehead atoms. The number of amides is 1. The zero-order valence-electron chi connectivity index (χ0n) is 18.7. The number of anilines is 1. The van der Waals surface area contributed by atoms with Crippen molar-refractivity contribution in [3.8, 4) is 5.75 Å². The lowest BCUT2D eigenvalue weighted by Gasteiger charge is -2.18. The topological polar surface area (TPSA) is 38.3 Å². The van der Waals surface area contributed by atoms with Crippen LogP contribution in [0, 0.1) is 5.92 Å². The van der Waals surface area contributed by atoms with Crippen molar-refractivity contribution >= 4 is 45.9 Å². The van der Waals surface area contributed by atoms with Crippen LogP contribution >= 0.6 is 23.2 Å². The number of hydrogen-bond donors (Lipinski definition) is 1. The highest BCUT2D eigenvalue weighted by Crippen LogP contribution is 2.38. The van der Waals surface area contributed by atoms with Crippen molar-refractivity contribution in [1.82, 2.24) is 0 Å². The number of benzene rings is 3. The highest BCUT2D eigenvalue weighted by Gasteiger charge is 2.16. The van der Waals surface area contributed by atoms with Gasteiger partial charge in [-0.25, -0.2) is 0 Å². The fourth-order valence-corrected chi connectivity index (χ4v) is 4.04. The van der Waals surface area contributed by atoms with E-state index in [1.807, 2.05) is 74.5 Å². The van der Waals surface area contributed by atoms with Gasteiger partial charge < -0.3 is 10.1 Å². The van der Waals surface area contributed by atoms with Crippen LogP contribution < -0.4 is 10.1 Å². The van der Waals surface area contributed by atoms with Crippen molar-refractivity contribution in [2.24, 2.45) is 5.92 Å². The van der Waals surface area contributed by atoms with Crippen LogP contribution in [0.15, 0.2) is 66.7 Å². The lowest BCUT2D eigenvalue weighted by atomic mass is 9.88. The summed E-state index contributed by atoms with van der Waals surface area (Å²) in [5.41, 5.74) is 5.97. The maximum absolute atomic E-state index is 12.1. The minimum absolute atomic E-state index is 0.00846. The molecule has 0 saturated carbocycles. The normalized spacial score (nSPS) is 11.8. The van der Waals surface area contributed by atoms with Crippen molar-refractivity contribution < 1.29 is 9.53 Å². The Kier molecular flexibility index (Phi) is 8.00. The van der Waals surface area contributed by atoms with Crippen LogP contribution in [0.2, 0.25) is 10.0 Å². The Morgan fingerprint density at radius 2 is 1.53 bits per heavy atom. The van der Waals surface area contributed by atoms with E-state index in [-0.39, 0.29) is 11.8 Å². The van der Waals surface area contributed by atoms with Crippen LogP contribution in [-0.4, -0.2) is 13.0 Å². The summed E-state index contributed by atoms with van der Waals surface area (Å²) in [4.78, 5) is 12.1. The molecule has 0 aliphatic rings. The molecule has 3 rings (SSSR count). The van der Waals surface area contributed by atoms with E-state index in [4.69, 9.17) is 27.9 Å². The third-order valence-electron chi connectivity index (χ3n) is 5.26. The van der Waals surface area contributed by atoms with E-state index in [0.29, 0.717) is 10.0 Å². The number of ether oxygens (including phenoxy) is 1. The van der Waals surface area contributed by atoms with Crippen LogP contribution in [0.3, 0.4) is 0 Å². The van der Waals surface area contributed by atoms with Crippen molar-refractivity contribution in [2.75, 3.05) is 12.4 Å². The Labute approximate surface area is 200 Å². The van der Waals surface area contributed by atoms with Gasteiger partial charge >= 0.3 is 0 Å². The second-order valence-corrected chi connectivity index (χ2v) is 8.62. The summed E-state index contributed by atoms with van der Waals surface area (Å²) in [6.07, 6.45) is 0.772. The standard InChI is InChI=1S/C27H27Cl2NO2/c1-5-23(24-15-10-20(28)16-25(24)29)26(19-8-13-22(32-4)14-9-19)18-6-11-21(12-7-18)30-27(31)17(2)3/h6-17H,5H2,1-4H3,(H,30,31)/b26-23-. The SMILES string of the molecule is CC/C(=C(\c1ccc(NC(=O)C(C)C)cc1)c1ccc(OC)cc1)c1ccc(Cl)cc1Cl. The van der Waals surface area contributed by atoms with E-state index in [1.165, 1.54) is 0 Å². The summed E-state index contributed by atoms with van der Waals surface area (Å²) in [6.45, 7) is 5.86. The van der Waals surface area contributed by atoms with E-state index >= 15 is 0 Å². The summed E-state index contributed by atoms with van der Waals surface area (Å²) < 4.78 is 5.34. The summed E-state index contributed by atoms with van der Waals surface area (Å²) in [7, 11) is 1.65. The molecule has 0 saturated heterocycles. The van der Waals surface area contributed by atoms with Gasteiger partial charge in [-0.1, -0.05) is 74.3 Å². The number of hydrogen-bond acceptors (Lipinski definition) is 2. The number of rotatable bonds is 7. The molecule has 0 radical (unpaired) electrons. The quantitative estimate of drug-likeness (QED) is 0.357. The molecule has 0 aliphatic carbocycles. The average molecular weight is 468 g/mol. The van der Waals surface area contributed by atoms with Gasteiger partial charge in [0.15, 0.2) is 0 Å². The van der Waals surface area contributed by atoms with Crippen LogP contribution in [0.1, 0.15) is 43.9 Å². The van der Waals surface area contributed by atoms with Crippen LogP contribution in [-0.2, 0) is 4.79 Å². The van der Waals surface area contributed by atoms with Gasteiger partial charge in [0.2, 0.25) is 5.91 Å². The van der Waals surface area contributed by atoms with Gasteiger partial charge in [0.1, 0.15) is 5.75 Å². The summed E-state index contributed by atoms with van der Waals surface area (Å²) in [5.74, 6) is 0.705. The van der Waals surface area contributed by atoms with E-state index in [1.54, 1.807) is 13.2 Å². The predicted octanol–water partition coefficient (Wildman–Crippen LogP) is 7.97. The lowest BCUT2D eigenvalue weighted by Crippen LogP contribution is -2.17. The third kappa shape index (κ3) is 5.53. The Balaban J connectivity index is 2.16. The summed E-state index contributed by atoms with van der Waals surface area (Å²) in [5, 5.41) is 4.16. The first-order valence-electron chi connectivity index (χ1n) is 10.6. The molecular formula is C27H27Cl2NO2. The number of methoxy groups -OCH3 is 1. The van der Waals surface area contributed by atoms with Crippen molar-refractivity contribution in [2.45, 2.75) is 27.2 Å². The molecule has 1 N–H and O–H groups in total. The van der Waals surface area contributed by atoms with Gasteiger partial charge in [-0.2, -0.15) is 0 Å². The third-order valence-corrected chi connectivity index (χ3v) is 5.80. The maximum Gasteiger partial charge on any atom is 0.226 e. The predicted molar refractivity (Wildman–Crippen MR) is 136 cm³/mol. The second-order valence-electron chi connectivity index (χ2n) is 7.78. The van der Waals surface area contributed by atoms with Crippen LogP contribution in [0.25, 0.3) is 11.1 Å².